The second-order valence-electron chi connectivity index (χ2n) is 7.79. The highest BCUT2D eigenvalue weighted by atomic mass is 16.2. The van der Waals surface area contributed by atoms with Crippen molar-refractivity contribution < 1.29 is 9.59 Å². The molecular formula is C26H29N3O2. The van der Waals surface area contributed by atoms with Crippen molar-refractivity contribution in [2.24, 2.45) is 0 Å². The lowest BCUT2D eigenvalue weighted by Crippen LogP contribution is -2.41. The van der Waals surface area contributed by atoms with Crippen molar-refractivity contribution in [3.05, 3.63) is 95.6 Å². The average Bonchev–Trinajstić information content (AvgIpc) is 2.76. The van der Waals surface area contributed by atoms with Crippen LogP contribution in [0.1, 0.15) is 16.7 Å². The number of aryl methyl sites for hydroxylation is 2. The Labute approximate surface area is 184 Å². The fourth-order valence-electron chi connectivity index (χ4n) is 3.51. The smallest absolute Gasteiger partial charge is 0.241 e. The van der Waals surface area contributed by atoms with Gasteiger partial charge in [-0.3, -0.25) is 14.5 Å². The maximum atomic E-state index is 13.2. The van der Waals surface area contributed by atoms with Crippen LogP contribution in [-0.4, -0.2) is 36.9 Å². The summed E-state index contributed by atoms with van der Waals surface area (Å²) in [5, 5.41) is 2.98. The van der Waals surface area contributed by atoms with Gasteiger partial charge >= 0.3 is 0 Å². The molecule has 160 valence electrons. The van der Waals surface area contributed by atoms with Gasteiger partial charge in [-0.2, -0.15) is 0 Å². The summed E-state index contributed by atoms with van der Waals surface area (Å²) in [4.78, 5) is 29.2. The summed E-state index contributed by atoms with van der Waals surface area (Å²) in [7, 11) is 1.79. The van der Waals surface area contributed by atoms with Crippen molar-refractivity contribution in [2.75, 3.05) is 30.4 Å². The molecule has 3 aromatic rings. The summed E-state index contributed by atoms with van der Waals surface area (Å²) in [6.07, 6.45) is 0. The number of benzene rings is 3. The van der Waals surface area contributed by atoms with Crippen molar-refractivity contribution in [1.82, 2.24) is 4.90 Å². The number of anilines is 2. The van der Waals surface area contributed by atoms with Crippen LogP contribution in [0.2, 0.25) is 0 Å². The van der Waals surface area contributed by atoms with Crippen molar-refractivity contribution in [2.45, 2.75) is 20.4 Å². The highest BCUT2D eigenvalue weighted by Gasteiger charge is 2.19. The van der Waals surface area contributed by atoms with Crippen LogP contribution in [0.5, 0.6) is 0 Å². The lowest BCUT2D eigenvalue weighted by molar-refractivity contribution is -0.121. The number of para-hydroxylation sites is 2. The summed E-state index contributed by atoms with van der Waals surface area (Å²) >= 11 is 0. The first-order valence-corrected chi connectivity index (χ1v) is 10.4. The molecule has 0 aliphatic rings. The van der Waals surface area contributed by atoms with Crippen LogP contribution in [0.4, 0.5) is 11.4 Å². The normalized spacial score (nSPS) is 10.7. The predicted octanol–water partition coefficient (Wildman–Crippen LogP) is 4.41. The van der Waals surface area contributed by atoms with E-state index in [1.54, 1.807) is 16.8 Å². The predicted molar refractivity (Wildman–Crippen MR) is 126 cm³/mol. The van der Waals surface area contributed by atoms with Crippen LogP contribution in [0.3, 0.4) is 0 Å². The van der Waals surface area contributed by atoms with E-state index in [9.17, 15) is 9.59 Å². The standard InChI is InChI=1S/C26H29N3O2/c1-20-11-10-12-21(2)26(20)27-24(30)18-28(3)19-25(31)29(23-15-8-5-9-16-23)17-22-13-6-4-7-14-22/h4-16H,17-19H2,1-3H3,(H,27,30). The molecule has 0 aliphatic carbocycles. The number of amides is 2. The number of carbonyl (C=O) groups excluding carboxylic acids is 2. The van der Waals surface area contributed by atoms with Crippen LogP contribution in [0.15, 0.2) is 78.9 Å². The van der Waals surface area contributed by atoms with E-state index in [1.807, 2.05) is 92.7 Å². The van der Waals surface area contributed by atoms with E-state index < -0.39 is 0 Å². The van der Waals surface area contributed by atoms with Gasteiger partial charge in [0.05, 0.1) is 19.6 Å². The lowest BCUT2D eigenvalue weighted by Gasteiger charge is -2.26. The van der Waals surface area contributed by atoms with Crippen molar-refractivity contribution in [3.8, 4) is 0 Å². The third-order valence-corrected chi connectivity index (χ3v) is 5.12. The van der Waals surface area contributed by atoms with E-state index in [4.69, 9.17) is 0 Å². The van der Waals surface area contributed by atoms with E-state index >= 15 is 0 Å². The molecule has 0 radical (unpaired) electrons. The number of likely N-dealkylation sites (N-methyl/N-ethyl adjacent to an activating group) is 1. The molecule has 31 heavy (non-hydrogen) atoms. The van der Waals surface area contributed by atoms with Gasteiger partial charge in [0, 0.05) is 11.4 Å². The second-order valence-corrected chi connectivity index (χ2v) is 7.79. The zero-order chi connectivity index (χ0) is 22.2. The van der Waals surface area contributed by atoms with E-state index in [0.29, 0.717) is 6.54 Å². The Morgan fingerprint density at radius 3 is 1.97 bits per heavy atom. The molecule has 0 saturated heterocycles. The Morgan fingerprint density at radius 2 is 1.35 bits per heavy atom. The quantitative estimate of drug-likeness (QED) is 0.593. The Bertz CT molecular complexity index is 999. The molecule has 3 rings (SSSR count). The van der Waals surface area contributed by atoms with E-state index in [1.165, 1.54) is 0 Å². The molecule has 0 aliphatic heterocycles. The second kappa shape index (κ2) is 10.5. The summed E-state index contributed by atoms with van der Waals surface area (Å²) in [5.74, 6) is -0.195. The first kappa shape index (κ1) is 22.2. The Kier molecular flexibility index (Phi) is 7.57. The molecule has 0 atom stereocenters. The molecule has 1 N–H and O–H groups in total. The van der Waals surface area contributed by atoms with Crippen LogP contribution in [0.25, 0.3) is 0 Å². The number of nitrogens with zero attached hydrogens (tertiary/aromatic N) is 2. The lowest BCUT2D eigenvalue weighted by atomic mass is 10.1. The van der Waals surface area contributed by atoms with Gasteiger partial charge in [-0.1, -0.05) is 66.7 Å². The SMILES string of the molecule is Cc1cccc(C)c1NC(=O)CN(C)CC(=O)N(Cc1ccccc1)c1ccccc1. The summed E-state index contributed by atoms with van der Waals surface area (Å²) in [6, 6.07) is 25.4. The van der Waals surface area contributed by atoms with Gasteiger partial charge in [-0.25, -0.2) is 0 Å². The minimum absolute atomic E-state index is 0.0579. The number of rotatable bonds is 8. The molecule has 5 heteroatoms. The third-order valence-electron chi connectivity index (χ3n) is 5.12. The van der Waals surface area contributed by atoms with Crippen molar-refractivity contribution in [3.63, 3.8) is 0 Å². The van der Waals surface area contributed by atoms with E-state index in [-0.39, 0.29) is 24.9 Å². The molecule has 0 spiro atoms. The minimum Gasteiger partial charge on any atom is -0.324 e. The van der Waals surface area contributed by atoms with Gasteiger partial charge in [0.2, 0.25) is 11.8 Å². The number of nitrogens with one attached hydrogen (secondary N) is 1. The van der Waals surface area contributed by atoms with Gasteiger partial charge in [0.25, 0.3) is 0 Å². The third kappa shape index (κ3) is 6.27. The Hall–Kier alpha value is -3.44. The highest BCUT2D eigenvalue weighted by molar-refractivity contribution is 5.96. The number of carbonyl (C=O) groups is 2. The summed E-state index contributed by atoms with van der Waals surface area (Å²) < 4.78 is 0. The molecule has 3 aromatic carbocycles. The van der Waals surface area contributed by atoms with Crippen LogP contribution < -0.4 is 10.2 Å². The zero-order valence-corrected chi connectivity index (χ0v) is 18.3. The van der Waals surface area contributed by atoms with E-state index in [2.05, 4.69) is 5.32 Å². The fourth-order valence-corrected chi connectivity index (χ4v) is 3.51. The maximum Gasteiger partial charge on any atom is 0.241 e. The van der Waals surface area contributed by atoms with Crippen LogP contribution in [-0.2, 0) is 16.1 Å². The molecular weight excluding hydrogens is 386 g/mol. The molecule has 0 fully saturated rings. The number of hydrogen-bond acceptors (Lipinski definition) is 3. The molecule has 0 heterocycles. The highest BCUT2D eigenvalue weighted by Crippen LogP contribution is 2.20. The van der Waals surface area contributed by atoms with Crippen molar-refractivity contribution in [1.29, 1.82) is 0 Å². The topological polar surface area (TPSA) is 52.7 Å². The van der Waals surface area contributed by atoms with Gasteiger partial charge in [0.1, 0.15) is 0 Å². The van der Waals surface area contributed by atoms with Crippen LogP contribution in [0, 0.1) is 13.8 Å². The first-order chi connectivity index (χ1) is 14.9. The summed E-state index contributed by atoms with van der Waals surface area (Å²) in [5.41, 5.74) is 4.76. The average molecular weight is 416 g/mol. The van der Waals surface area contributed by atoms with Gasteiger partial charge in [-0.05, 0) is 49.7 Å². The van der Waals surface area contributed by atoms with Crippen LogP contribution >= 0.6 is 0 Å². The minimum atomic E-state index is -0.137. The molecule has 0 unspecified atom stereocenters. The Balaban J connectivity index is 1.65. The molecule has 0 aromatic heterocycles. The first-order valence-electron chi connectivity index (χ1n) is 10.4. The van der Waals surface area contributed by atoms with Gasteiger partial charge in [-0.15, -0.1) is 0 Å². The monoisotopic (exact) mass is 415 g/mol. The maximum absolute atomic E-state index is 13.2. The fraction of sp³-hybridized carbons (Fsp3) is 0.231. The summed E-state index contributed by atoms with van der Waals surface area (Å²) in [6.45, 7) is 4.69. The van der Waals surface area contributed by atoms with Gasteiger partial charge < -0.3 is 10.2 Å². The number of hydrogen-bond donors (Lipinski definition) is 1. The zero-order valence-electron chi connectivity index (χ0n) is 18.3. The molecule has 2 amide bonds. The Morgan fingerprint density at radius 1 is 0.774 bits per heavy atom. The molecule has 5 nitrogen and oxygen atoms in total. The molecule has 0 saturated carbocycles. The molecule has 0 bridgehead atoms. The van der Waals surface area contributed by atoms with Crippen molar-refractivity contribution >= 4 is 23.2 Å². The largest absolute Gasteiger partial charge is 0.324 e. The van der Waals surface area contributed by atoms with E-state index in [0.717, 1.165) is 28.1 Å². The van der Waals surface area contributed by atoms with Gasteiger partial charge in [0.15, 0.2) is 0 Å².